The molecule has 1 amide bonds. The predicted molar refractivity (Wildman–Crippen MR) is 64.3 cm³/mol. The number of methoxy groups -OCH3 is 1. The smallest absolute Gasteiger partial charge is 0.313 e. The molecule has 0 spiro atoms. The van der Waals surface area contributed by atoms with E-state index in [-0.39, 0.29) is 36.7 Å². The molecule has 0 aromatic carbocycles. The molecule has 0 saturated heterocycles. The topological polar surface area (TPSA) is 81.4 Å². The highest BCUT2D eigenvalue weighted by Crippen LogP contribution is 2.15. The van der Waals surface area contributed by atoms with Crippen LogP contribution in [0.3, 0.4) is 0 Å². The molecule has 0 aromatic heterocycles. The van der Waals surface area contributed by atoms with Gasteiger partial charge in [0.05, 0.1) is 12.5 Å². The maximum atomic E-state index is 11.4. The summed E-state index contributed by atoms with van der Waals surface area (Å²) in [5.41, 5.74) is 4.64. The maximum absolute atomic E-state index is 11.4. The zero-order valence-electron chi connectivity index (χ0n) is 10.2. The highest BCUT2D eigenvalue weighted by Gasteiger charge is 2.29. The summed E-state index contributed by atoms with van der Waals surface area (Å²) in [4.78, 5) is 22.7. The molecule has 3 N–H and O–H groups in total. The van der Waals surface area contributed by atoms with Crippen LogP contribution in [0.4, 0.5) is 0 Å². The first-order chi connectivity index (χ1) is 6.85. The third-order valence-electron chi connectivity index (χ3n) is 2.24. The summed E-state index contributed by atoms with van der Waals surface area (Å²) in [6, 6.07) is 0. The molecule has 0 saturated carbocycles. The molecular formula is C10H21ClN2O3. The minimum atomic E-state index is -0.710. The summed E-state index contributed by atoms with van der Waals surface area (Å²) in [6.45, 7) is 5.71. The van der Waals surface area contributed by atoms with Crippen LogP contribution in [-0.4, -0.2) is 32.1 Å². The van der Waals surface area contributed by atoms with Gasteiger partial charge in [0.15, 0.2) is 0 Å². The Hall–Kier alpha value is -0.810. The van der Waals surface area contributed by atoms with Gasteiger partial charge in [0, 0.05) is 19.0 Å². The van der Waals surface area contributed by atoms with Crippen LogP contribution < -0.4 is 11.1 Å². The van der Waals surface area contributed by atoms with Crippen LogP contribution in [0.15, 0.2) is 0 Å². The summed E-state index contributed by atoms with van der Waals surface area (Å²) in [5.74, 6) is -0.726. The van der Waals surface area contributed by atoms with Crippen molar-refractivity contribution in [3.63, 3.8) is 0 Å². The first-order valence-corrected chi connectivity index (χ1v) is 4.91. The van der Waals surface area contributed by atoms with Gasteiger partial charge in [-0.15, -0.1) is 12.4 Å². The molecule has 6 heteroatoms. The van der Waals surface area contributed by atoms with E-state index in [1.54, 1.807) is 20.8 Å². The fourth-order valence-corrected chi connectivity index (χ4v) is 0.938. The molecule has 0 aliphatic heterocycles. The van der Waals surface area contributed by atoms with E-state index >= 15 is 0 Å². The van der Waals surface area contributed by atoms with E-state index in [0.29, 0.717) is 6.54 Å². The Balaban J connectivity index is 0. The molecule has 16 heavy (non-hydrogen) atoms. The van der Waals surface area contributed by atoms with Crippen molar-refractivity contribution in [2.24, 2.45) is 17.1 Å². The van der Waals surface area contributed by atoms with Crippen molar-refractivity contribution in [2.75, 3.05) is 20.2 Å². The number of nitrogens with two attached hydrogens (primary N) is 1. The lowest BCUT2D eigenvalue weighted by Crippen LogP contribution is -2.42. The summed E-state index contributed by atoms with van der Waals surface area (Å²) >= 11 is 0. The highest BCUT2D eigenvalue weighted by molar-refractivity contribution is 5.85. The van der Waals surface area contributed by atoms with Gasteiger partial charge in [0.1, 0.15) is 0 Å². The average molecular weight is 253 g/mol. The van der Waals surface area contributed by atoms with E-state index in [2.05, 4.69) is 10.1 Å². The Morgan fingerprint density at radius 2 is 1.94 bits per heavy atom. The lowest BCUT2D eigenvalue weighted by Gasteiger charge is -2.22. The molecule has 1 unspecified atom stereocenters. The zero-order chi connectivity index (χ0) is 12.1. The Labute approximate surface area is 103 Å². The second kappa shape index (κ2) is 7.46. The molecule has 5 nitrogen and oxygen atoms in total. The second-order valence-electron chi connectivity index (χ2n) is 4.23. The standard InChI is InChI=1S/C10H20N2O3.ClH/c1-7(5-11)8(13)12-6-10(2,3)9(14)15-4;/h7H,5-6,11H2,1-4H3,(H,12,13);1H. The van der Waals surface area contributed by atoms with E-state index in [4.69, 9.17) is 5.73 Å². The van der Waals surface area contributed by atoms with Crippen molar-refractivity contribution in [1.29, 1.82) is 0 Å². The fraction of sp³-hybridized carbons (Fsp3) is 0.800. The number of rotatable bonds is 5. The predicted octanol–water partition coefficient (Wildman–Crippen LogP) is 0.318. The lowest BCUT2D eigenvalue weighted by atomic mass is 9.93. The van der Waals surface area contributed by atoms with Crippen molar-refractivity contribution in [3.05, 3.63) is 0 Å². The van der Waals surface area contributed by atoms with E-state index in [1.807, 2.05) is 0 Å². The van der Waals surface area contributed by atoms with Gasteiger partial charge in [-0.2, -0.15) is 0 Å². The molecule has 96 valence electrons. The summed E-state index contributed by atoms with van der Waals surface area (Å²) < 4.78 is 4.62. The van der Waals surface area contributed by atoms with Gasteiger partial charge in [-0.1, -0.05) is 6.92 Å². The SMILES string of the molecule is COC(=O)C(C)(C)CNC(=O)C(C)CN.Cl. The quantitative estimate of drug-likeness (QED) is 0.691. The number of carbonyl (C=O) groups is 2. The number of ether oxygens (including phenoxy) is 1. The minimum absolute atomic E-state index is 0. The van der Waals surface area contributed by atoms with Crippen LogP contribution in [0.5, 0.6) is 0 Å². The maximum Gasteiger partial charge on any atom is 0.313 e. The third-order valence-corrected chi connectivity index (χ3v) is 2.24. The van der Waals surface area contributed by atoms with Gasteiger partial charge in [-0.25, -0.2) is 0 Å². The number of hydrogen-bond donors (Lipinski definition) is 2. The first-order valence-electron chi connectivity index (χ1n) is 4.91. The van der Waals surface area contributed by atoms with Crippen LogP contribution >= 0.6 is 12.4 Å². The van der Waals surface area contributed by atoms with Gasteiger partial charge < -0.3 is 15.8 Å². The van der Waals surface area contributed by atoms with Crippen molar-refractivity contribution >= 4 is 24.3 Å². The Kier molecular flexibility index (Phi) is 8.20. The fourth-order valence-electron chi connectivity index (χ4n) is 0.938. The van der Waals surface area contributed by atoms with Crippen molar-refractivity contribution in [1.82, 2.24) is 5.32 Å². The van der Waals surface area contributed by atoms with Crippen molar-refractivity contribution in [3.8, 4) is 0 Å². The van der Waals surface area contributed by atoms with E-state index in [0.717, 1.165) is 0 Å². The van der Waals surface area contributed by atoms with Crippen LogP contribution in [0, 0.1) is 11.3 Å². The lowest BCUT2D eigenvalue weighted by molar-refractivity contribution is -0.150. The van der Waals surface area contributed by atoms with Gasteiger partial charge in [-0.3, -0.25) is 9.59 Å². The van der Waals surface area contributed by atoms with E-state index in [9.17, 15) is 9.59 Å². The van der Waals surface area contributed by atoms with Gasteiger partial charge in [0.25, 0.3) is 0 Å². The highest BCUT2D eigenvalue weighted by atomic mass is 35.5. The summed E-state index contributed by atoms with van der Waals surface area (Å²) in [5, 5.41) is 2.67. The van der Waals surface area contributed by atoms with Crippen LogP contribution in [0.2, 0.25) is 0 Å². The largest absolute Gasteiger partial charge is 0.469 e. The second-order valence-corrected chi connectivity index (χ2v) is 4.23. The minimum Gasteiger partial charge on any atom is -0.469 e. The number of amides is 1. The molecule has 0 rings (SSSR count). The molecule has 0 heterocycles. The molecule has 0 aliphatic carbocycles. The molecule has 0 bridgehead atoms. The van der Waals surface area contributed by atoms with E-state index < -0.39 is 5.41 Å². The van der Waals surface area contributed by atoms with Crippen LogP contribution in [0.25, 0.3) is 0 Å². The number of halogens is 1. The Morgan fingerprint density at radius 1 is 1.44 bits per heavy atom. The van der Waals surface area contributed by atoms with Crippen LogP contribution in [-0.2, 0) is 14.3 Å². The Morgan fingerprint density at radius 3 is 2.31 bits per heavy atom. The monoisotopic (exact) mass is 252 g/mol. The van der Waals surface area contributed by atoms with Gasteiger partial charge in [0.2, 0.25) is 5.91 Å². The third kappa shape index (κ3) is 5.32. The van der Waals surface area contributed by atoms with Crippen molar-refractivity contribution < 1.29 is 14.3 Å². The molecular weight excluding hydrogens is 232 g/mol. The summed E-state index contributed by atoms with van der Waals surface area (Å²) in [6.07, 6.45) is 0. The molecule has 0 radical (unpaired) electrons. The van der Waals surface area contributed by atoms with Gasteiger partial charge in [-0.05, 0) is 13.8 Å². The molecule has 0 aromatic rings. The number of esters is 1. The number of nitrogens with one attached hydrogen (secondary N) is 1. The van der Waals surface area contributed by atoms with Crippen LogP contribution in [0.1, 0.15) is 20.8 Å². The average Bonchev–Trinajstić information content (AvgIpc) is 2.23. The molecule has 0 aliphatic rings. The molecule has 0 fully saturated rings. The number of carbonyl (C=O) groups excluding carboxylic acids is 2. The first kappa shape index (κ1) is 17.6. The van der Waals surface area contributed by atoms with Crippen molar-refractivity contribution in [2.45, 2.75) is 20.8 Å². The van der Waals surface area contributed by atoms with Gasteiger partial charge >= 0.3 is 5.97 Å². The molecule has 1 atom stereocenters. The number of hydrogen-bond acceptors (Lipinski definition) is 4. The Bertz CT molecular complexity index is 244. The summed E-state index contributed by atoms with van der Waals surface area (Å²) in [7, 11) is 1.33. The zero-order valence-corrected chi connectivity index (χ0v) is 11.0. The van der Waals surface area contributed by atoms with E-state index in [1.165, 1.54) is 7.11 Å². The normalized spacial score (nSPS) is 12.3.